The van der Waals surface area contributed by atoms with Crippen LogP contribution in [0.3, 0.4) is 0 Å². The van der Waals surface area contributed by atoms with Gasteiger partial charge in [0.2, 0.25) is 6.04 Å². The van der Waals surface area contributed by atoms with Crippen LogP contribution in [-0.4, -0.2) is 36.7 Å². The van der Waals surface area contributed by atoms with Crippen molar-refractivity contribution in [3.8, 4) is 0 Å². The first kappa shape index (κ1) is 21.3. The molecule has 0 N–H and O–H groups in total. The fourth-order valence-corrected chi connectivity index (χ4v) is 2.44. The molecular weight excluding hydrogens is 342 g/mol. The molecule has 1 aromatic rings. The van der Waals surface area contributed by atoms with Crippen molar-refractivity contribution in [1.29, 1.82) is 0 Å². The van der Waals surface area contributed by atoms with Gasteiger partial charge in [-0.25, -0.2) is 9.59 Å². The third-order valence-electron chi connectivity index (χ3n) is 3.37. The third kappa shape index (κ3) is 6.94. The smallest absolute Gasteiger partial charge is 0.340 e. The van der Waals surface area contributed by atoms with Crippen LogP contribution in [0.4, 0.5) is 5.69 Å². The molecular formula is C19H28ClNO4. The van der Waals surface area contributed by atoms with E-state index in [1.165, 1.54) is 0 Å². The number of esters is 2. The second kappa shape index (κ2) is 10.3. The van der Waals surface area contributed by atoms with Crippen LogP contribution in [0.25, 0.3) is 0 Å². The van der Waals surface area contributed by atoms with E-state index in [9.17, 15) is 9.59 Å². The molecule has 0 aliphatic heterocycles. The van der Waals surface area contributed by atoms with Gasteiger partial charge in [0.25, 0.3) is 0 Å². The molecule has 5 nitrogen and oxygen atoms in total. The van der Waals surface area contributed by atoms with Crippen LogP contribution in [0.2, 0.25) is 5.02 Å². The zero-order chi connectivity index (χ0) is 19.0. The second-order valence-corrected chi connectivity index (χ2v) is 6.83. The van der Waals surface area contributed by atoms with Crippen LogP contribution < -0.4 is 4.90 Å². The van der Waals surface area contributed by atoms with Gasteiger partial charge in [0, 0.05) is 17.3 Å². The van der Waals surface area contributed by atoms with Crippen molar-refractivity contribution in [2.45, 2.75) is 65.7 Å². The zero-order valence-corrected chi connectivity index (χ0v) is 16.4. The first-order valence-electron chi connectivity index (χ1n) is 8.69. The average molecular weight is 370 g/mol. The lowest BCUT2D eigenvalue weighted by Gasteiger charge is -2.31. The molecule has 140 valence electrons. The molecule has 1 aromatic carbocycles. The van der Waals surface area contributed by atoms with Gasteiger partial charge in [-0.05, 0) is 58.4 Å². The largest absolute Gasteiger partial charge is 0.461 e. The summed E-state index contributed by atoms with van der Waals surface area (Å²) in [6.45, 7) is 9.59. The Kier molecular flexibility index (Phi) is 8.76. The van der Waals surface area contributed by atoms with Gasteiger partial charge in [-0.1, -0.05) is 24.9 Å². The quantitative estimate of drug-likeness (QED) is 0.482. The van der Waals surface area contributed by atoms with Crippen molar-refractivity contribution in [2.75, 3.05) is 11.4 Å². The van der Waals surface area contributed by atoms with Crippen LogP contribution in [0.5, 0.6) is 0 Å². The Hall–Kier alpha value is -1.75. The van der Waals surface area contributed by atoms with E-state index in [1.807, 2.05) is 6.92 Å². The fraction of sp³-hybridized carbons (Fsp3) is 0.579. The maximum Gasteiger partial charge on any atom is 0.340 e. The molecule has 0 aliphatic carbocycles. The number of hydrogen-bond acceptors (Lipinski definition) is 5. The molecule has 0 unspecified atom stereocenters. The number of rotatable bonds is 9. The Morgan fingerprint density at radius 3 is 1.88 bits per heavy atom. The molecule has 0 amide bonds. The molecule has 25 heavy (non-hydrogen) atoms. The molecule has 0 saturated carbocycles. The highest BCUT2D eigenvalue weighted by molar-refractivity contribution is 6.30. The maximum atomic E-state index is 12.6. The molecule has 0 aromatic heterocycles. The van der Waals surface area contributed by atoms with E-state index in [0.29, 0.717) is 11.6 Å². The van der Waals surface area contributed by atoms with Crippen LogP contribution in [0.1, 0.15) is 47.5 Å². The minimum atomic E-state index is -1.14. The number of hydrogen-bond donors (Lipinski definition) is 0. The number of carbonyl (C=O) groups is 2. The Labute approximate surface area is 155 Å². The fourth-order valence-electron chi connectivity index (χ4n) is 2.31. The molecule has 0 aliphatic rings. The van der Waals surface area contributed by atoms with E-state index < -0.39 is 18.0 Å². The standard InChI is InChI=1S/C19H28ClNO4/c1-6-7-12-21(16-10-8-15(20)9-11-16)17(18(22)24-13(2)3)19(23)25-14(4)5/h8-11,13-14,17H,6-7,12H2,1-5H3. The summed E-state index contributed by atoms with van der Waals surface area (Å²) in [7, 11) is 0. The van der Waals surface area contributed by atoms with Crippen molar-refractivity contribution in [3.05, 3.63) is 29.3 Å². The molecule has 0 fully saturated rings. The Bertz CT molecular complexity index is 535. The van der Waals surface area contributed by atoms with E-state index in [4.69, 9.17) is 21.1 Å². The minimum Gasteiger partial charge on any atom is -0.461 e. The Balaban J connectivity index is 3.22. The highest BCUT2D eigenvalue weighted by Crippen LogP contribution is 2.23. The molecule has 1 rings (SSSR count). The summed E-state index contributed by atoms with van der Waals surface area (Å²) in [5, 5.41) is 0.588. The van der Waals surface area contributed by atoms with Crippen LogP contribution in [0, 0.1) is 0 Å². The van der Waals surface area contributed by atoms with Crippen LogP contribution in [0.15, 0.2) is 24.3 Å². The normalized spacial score (nSPS) is 11.1. The van der Waals surface area contributed by atoms with E-state index in [-0.39, 0.29) is 12.2 Å². The minimum absolute atomic E-state index is 0.319. The first-order chi connectivity index (χ1) is 11.8. The summed E-state index contributed by atoms with van der Waals surface area (Å²) < 4.78 is 10.6. The molecule has 0 heterocycles. The summed E-state index contributed by atoms with van der Waals surface area (Å²) in [5.41, 5.74) is 0.726. The van der Waals surface area contributed by atoms with Gasteiger partial charge >= 0.3 is 11.9 Å². The predicted octanol–water partition coefficient (Wildman–Crippen LogP) is 4.22. The Morgan fingerprint density at radius 1 is 1.00 bits per heavy atom. The van der Waals surface area contributed by atoms with Crippen molar-refractivity contribution in [2.24, 2.45) is 0 Å². The number of halogens is 1. The SMILES string of the molecule is CCCCN(c1ccc(Cl)cc1)C(C(=O)OC(C)C)C(=O)OC(C)C. The summed E-state index contributed by atoms with van der Waals surface area (Å²) >= 11 is 5.96. The first-order valence-corrected chi connectivity index (χ1v) is 9.07. The van der Waals surface area contributed by atoms with E-state index in [2.05, 4.69) is 0 Å². The van der Waals surface area contributed by atoms with Gasteiger partial charge in [0.05, 0.1) is 12.2 Å². The molecule has 6 heteroatoms. The van der Waals surface area contributed by atoms with E-state index in [0.717, 1.165) is 18.5 Å². The van der Waals surface area contributed by atoms with E-state index in [1.54, 1.807) is 56.9 Å². The summed E-state index contributed by atoms with van der Waals surface area (Å²) in [4.78, 5) is 27.0. The summed E-state index contributed by atoms with van der Waals surface area (Å²) in [6, 6.07) is 5.90. The summed E-state index contributed by atoms with van der Waals surface area (Å²) in [6.07, 6.45) is 1.11. The average Bonchev–Trinajstić information content (AvgIpc) is 2.50. The number of carbonyl (C=O) groups excluding carboxylic acids is 2. The van der Waals surface area contributed by atoms with Crippen molar-refractivity contribution in [1.82, 2.24) is 0 Å². The predicted molar refractivity (Wildman–Crippen MR) is 100.0 cm³/mol. The zero-order valence-electron chi connectivity index (χ0n) is 15.6. The van der Waals surface area contributed by atoms with Gasteiger partial charge in [-0.2, -0.15) is 0 Å². The van der Waals surface area contributed by atoms with Crippen molar-refractivity contribution >= 4 is 29.2 Å². The van der Waals surface area contributed by atoms with E-state index >= 15 is 0 Å². The molecule has 0 saturated heterocycles. The highest BCUT2D eigenvalue weighted by Gasteiger charge is 2.37. The van der Waals surface area contributed by atoms with Crippen LogP contribution in [-0.2, 0) is 19.1 Å². The second-order valence-electron chi connectivity index (χ2n) is 6.40. The lowest BCUT2D eigenvalue weighted by Crippen LogP contribution is -2.50. The summed E-state index contributed by atoms with van der Waals surface area (Å²) in [5.74, 6) is -1.21. The number of ether oxygens (including phenoxy) is 2. The lowest BCUT2D eigenvalue weighted by molar-refractivity contribution is -0.161. The molecule has 0 atom stereocenters. The number of anilines is 1. The monoisotopic (exact) mass is 369 g/mol. The molecule has 0 bridgehead atoms. The van der Waals surface area contributed by atoms with Gasteiger partial charge in [-0.3, -0.25) is 0 Å². The van der Waals surface area contributed by atoms with Gasteiger partial charge in [0.15, 0.2) is 0 Å². The van der Waals surface area contributed by atoms with Crippen molar-refractivity contribution < 1.29 is 19.1 Å². The van der Waals surface area contributed by atoms with Gasteiger partial charge < -0.3 is 14.4 Å². The van der Waals surface area contributed by atoms with Crippen LogP contribution >= 0.6 is 11.6 Å². The number of unbranched alkanes of at least 4 members (excludes halogenated alkanes) is 1. The highest BCUT2D eigenvalue weighted by atomic mass is 35.5. The van der Waals surface area contributed by atoms with Gasteiger partial charge in [0.1, 0.15) is 0 Å². The Morgan fingerprint density at radius 2 is 1.48 bits per heavy atom. The third-order valence-corrected chi connectivity index (χ3v) is 3.62. The topological polar surface area (TPSA) is 55.8 Å². The van der Waals surface area contributed by atoms with Crippen molar-refractivity contribution in [3.63, 3.8) is 0 Å². The molecule has 0 spiro atoms. The van der Waals surface area contributed by atoms with Gasteiger partial charge in [-0.15, -0.1) is 0 Å². The lowest BCUT2D eigenvalue weighted by atomic mass is 10.1. The molecule has 0 radical (unpaired) electrons. The number of nitrogens with zero attached hydrogens (tertiary/aromatic N) is 1. The maximum absolute atomic E-state index is 12.6. The number of benzene rings is 1.